The Balaban J connectivity index is 2.27. The van der Waals surface area contributed by atoms with E-state index in [4.69, 9.17) is 10.00 Å². The van der Waals surface area contributed by atoms with Crippen LogP contribution in [0.15, 0.2) is 0 Å². The van der Waals surface area contributed by atoms with Gasteiger partial charge in [-0.3, -0.25) is 0 Å². The van der Waals surface area contributed by atoms with Crippen LogP contribution in [0.1, 0.15) is 32.6 Å². The van der Waals surface area contributed by atoms with Gasteiger partial charge in [0, 0.05) is 0 Å². The molecule has 1 rings (SSSR count). The van der Waals surface area contributed by atoms with Crippen molar-refractivity contribution in [1.82, 2.24) is 0 Å². The second-order valence-electron chi connectivity index (χ2n) is 2.86. The molecule has 0 aromatic heterocycles. The summed E-state index contributed by atoms with van der Waals surface area (Å²) >= 11 is 0. The third-order valence-corrected chi connectivity index (χ3v) is 1.88. The molecule has 0 aliphatic carbocycles. The summed E-state index contributed by atoms with van der Waals surface area (Å²) in [6, 6.07) is 2.13. The van der Waals surface area contributed by atoms with E-state index < -0.39 is 0 Å². The summed E-state index contributed by atoms with van der Waals surface area (Å²) in [6.07, 6.45) is 4.58. The number of ether oxygens (including phenoxy) is 1. The lowest BCUT2D eigenvalue weighted by Crippen LogP contribution is -2.24. The minimum atomic E-state index is 0.216. The van der Waals surface area contributed by atoms with Crippen LogP contribution in [0.4, 0.5) is 0 Å². The summed E-state index contributed by atoms with van der Waals surface area (Å²) in [5, 5.41) is 8.37. The predicted molar refractivity (Wildman–Crippen MR) is 38.4 cm³/mol. The maximum absolute atomic E-state index is 8.37. The number of nitriles is 1. The first-order valence-corrected chi connectivity index (χ1v) is 3.85. The average Bonchev–Trinajstić information content (AvgIpc) is 1.88. The summed E-state index contributed by atoms with van der Waals surface area (Å²) in [5.41, 5.74) is 0. The van der Waals surface area contributed by atoms with Gasteiger partial charge in [0.15, 0.2) is 0 Å². The Kier molecular flexibility index (Phi) is 2.70. The second-order valence-corrected chi connectivity index (χ2v) is 2.86. The van der Waals surface area contributed by atoms with E-state index in [1.165, 1.54) is 6.42 Å². The Bertz CT molecular complexity index is 139. The van der Waals surface area contributed by atoms with Crippen molar-refractivity contribution in [2.24, 2.45) is 0 Å². The smallest absolute Gasteiger partial charge is 0.0708 e. The average molecular weight is 139 g/mol. The Morgan fingerprint density at radius 1 is 1.60 bits per heavy atom. The van der Waals surface area contributed by atoms with E-state index in [1.54, 1.807) is 0 Å². The zero-order valence-corrected chi connectivity index (χ0v) is 6.34. The third-order valence-electron chi connectivity index (χ3n) is 1.88. The molecule has 0 bridgehead atoms. The van der Waals surface area contributed by atoms with Crippen molar-refractivity contribution in [3.63, 3.8) is 0 Å². The molecule has 10 heavy (non-hydrogen) atoms. The normalized spacial score (nSPS) is 33.2. The maximum atomic E-state index is 8.37. The van der Waals surface area contributed by atoms with Gasteiger partial charge in [0.2, 0.25) is 0 Å². The van der Waals surface area contributed by atoms with Gasteiger partial charge in [-0.15, -0.1) is 0 Å². The van der Waals surface area contributed by atoms with Gasteiger partial charge in [0.1, 0.15) is 0 Å². The van der Waals surface area contributed by atoms with Crippen LogP contribution in [0.2, 0.25) is 0 Å². The minimum Gasteiger partial charge on any atom is -0.374 e. The van der Waals surface area contributed by atoms with Gasteiger partial charge in [-0.05, 0) is 26.2 Å². The Labute approximate surface area is 61.8 Å². The van der Waals surface area contributed by atoms with E-state index in [0.29, 0.717) is 12.5 Å². The lowest BCUT2D eigenvalue weighted by Gasteiger charge is -2.25. The molecular formula is C8H13NO. The Morgan fingerprint density at radius 3 is 3.00 bits per heavy atom. The van der Waals surface area contributed by atoms with Gasteiger partial charge in [-0.2, -0.15) is 5.26 Å². The molecule has 1 aliphatic rings. The van der Waals surface area contributed by atoms with Crippen LogP contribution in [0.3, 0.4) is 0 Å². The second kappa shape index (κ2) is 3.58. The lowest BCUT2D eigenvalue weighted by molar-refractivity contribution is -0.0366. The van der Waals surface area contributed by atoms with Crippen LogP contribution < -0.4 is 0 Å². The highest BCUT2D eigenvalue weighted by Crippen LogP contribution is 2.19. The van der Waals surface area contributed by atoms with Crippen molar-refractivity contribution < 1.29 is 4.74 Å². The maximum Gasteiger partial charge on any atom is 0.0708 e. The monoisotopic (exact) mass is 139 g/mol. The van der Waals surface area contributed by atoms with Crippen LogP contribution in [0.25, 0.3) is 0 Å². The van der Waals surface area contributed by atoms with Crippen LogP contribution in [0, 0.1) is 11.3 Å². The van der Waals surface area contributed by atoms with E-state index in [1.807, 2.05) is 0 Å². The molecule has 1 aliphatic heterocycles. The molecule has 0 radical (unpaired) electrons. The van der Waals surface area contributed by atoms with Crippen LogP contribution in [-0.4, -0.2) is 12.2 Å². The Hall–Kier alpha value is -0.550. The zero-order valence-electron chi connectivity index (χ0n) is 6.34. The highest BCUT2D eigenvalue weighted by molar-refractivity contribution is 4.79. The molecule has 0 amide bonds. The molecule has 1 heterocycles. The number of rotatable bonds is 1. The minimum absolute atomic E-state index is 0.216. The van der Waals surface area contributed by atoms with Crippen LogP contribution >= 0.6 is 0 Å². The topological polar surface area (TPSA) is 33.0 Å². The van der Waals surface area contributed by atoms with E-state index in [-0.39, 0.29) is 6.10 Å². The van der Waals surface area contributed by atoms with Crippen molar-refractivity contribution in [3.05, 3.63) is 0 Å². The molecule has 0 saturated carbocycles. The van der Waals surface area contributed by atoms with Gasteiger partial charge in [-0.1, -0.05) is 0 Å². The van der Waals surface area contributed by atoms with Gasteiger partial charge >= 0.3 is 0 Å². The van der Waals surface area contributed by atoms with Gasteiger partial charge in [0.25, 0.3) is 0 Å². The summed E-state index contributed by atoms with van der Waals surface area (Å²) in [4.78, 5) is 0. The third kappa shape index (κ3) is 2.00. The quantitative estimate of drug-likeness (QED) is 0.555. The largest absolute Gasteiger partial charge is 0.374 e. The van der Waals surface area contributed by atoms with Crippen molar-refractivity contribution in [3.8, 4) is 6.07 Å². The fraction of sp³-hybridized carbons (Fsp3) is 0.875. The molecule has 0 spiro atoms. The van der Waals surface area contributed by atoms with Crippen molar-refractivity contribution >= 4 is 0 Å². The molecule has 0 N–H and O–H groups in total. The standard InChI is InChI=1S/C8H13NO/c1-7-3-2-4-8(10-7)5-6-9/h7-8H,2-5H2,1H3/t7-,8+/m1/s1. The molecule has 2 nitrogen and oxygen atoms in total. The van der Waals surface area contributed by atoms with Gasteiger partial charge in [0.05, 0.1) is 24.7 Å². The predicted octanol–water partition coefficient (Wildman–Crippen LogP) is 1.86. The number of hydrogen-bond donors (Lipinski definition) is 0. The fourth-order valence-corrected chi connectivity index (χ4v) is 1.35. The molecule has 1 saturated heterocycles. The number of nitrogens with zero attached hydrogens (tertiary/aromatic N) is 1. The molecule has 1 fully saturated rings. The van der Waals surface area contributed by atoms with Crippen LogP contribution in [-0.2, 0) is 4.74 Å². The fourth-order valence-electron chi connectivity index (χ4n) is 1.35. The first-order chi connectivity index (χ1) is 4.83. The summed E-state index contributed by atoms with van der Waals surface area (Å²) in [5.74, 6) is 0. The van der Waals surface area contributed by atoms with Crippen molar-refractivity contribution in [2.75, 3.05) is 0 Å². The first-order valence-electron chi connectivity index (χ1n) is 3.85. The van der Waals surface area contributed by atoms with E-state index >= 15 is 0 Å². The molecular weight excluding hydrogens is 126 g/mol. The van der Waals surface area contributed by atoms with Gasteiger partial charge < -0.3 is 4.74 Å². The van der Waals surface area contributed by atoms with Crippen LogP contribution in [0.5, 0.6) is 0 Å². The lowest BCUT2D eigenvalue weighted by atomic mass is 10.0. The van der Waals surface area contributed by atoms with E-state index in [9.17, 15) is 0 Å². The highest BCUT2D eigenvalue weighted by Gasteiger charge is 2.17. The number of hydrogen-bond acceptors (Lipinski definition) is 2. The molecule has 0 aromatic rings. The molecule has 0 aromatic carbocycles. The molecule has 2 heteroatoms. The first kappa shape index (κ1) is 7.56. The molecule has 0 unspecified atom stereocenters. The van der Waals surface area contributed by atoms with Crippen molar-refractivity contribution in [1.29, 1.82) is 5.26 Å². The summed E-state index contributed by atoms with van der Waals surface area (Å²) in [7, 11) is 0. The Morgan fingerprint density at radius 2 is 2.40 bits per heavy atom. The van der Waals surface area contributed by atoms with Crippen molar-refractivity contribution in [2.45, 2.75) is 44.8 Å². The zero-order chi connectivity index (χ0) is 7.40. The SMILES string of the molecule is C[C@@H]1CCC[C@@H](CC#N)O1. The van der Waals surface area contributed by atoms with E-state index in [0.717, 1.165) is 12.8 Å². The molecule has 2 atom stereocenters. The molecule has 56 valence electrons. The summed E-state index contributed by atoms with van der Waals surface area (Å²) < 4.78 is 5.50. The van der Waals surface area contributed by atoms with Gasteiger partial charge in [-0.25, -0.2) is 0 Å². The highest BCUT2D eigenvalue weighted by atomic mass is 16.5. The van der Waals surface area contributed by atoms with E-state index in [2.05, 4.69) is 13.0 Å². The summed E-state index contributed by atoms with van der Waals surface area (Å²) in [6.45, 7) is 2.07.